The minimum Gasteiger partial charge on any atom is -0.484 e. The summed E-state index contributed by atoms with van der Waals surface area (Å²) < 4.78 is 10.6. The molecule has 1 amide bonds. The summed E-state index contributed by atoms with van der Waals surface area (Å²) >= 11 is 0. The van der Waals surface area contributed by atoms with Gasteiger partial charge in [-0.1, -0.05) is 12.1 Å². The number of methoxy groups -OCH3 is 1. The summed E-state index contributed by atoms with van der Waals surface area (Å²) in [5.74, 6) is 1.30. The molecule has 1 rings (SSSR count). The summed E-state index contributed by atoms with van der Waals surface area (Å²) in [5, 5.41) is 6.48. The Morgan fingerprint density at radius 1 is 1.36 bits per heavy atom. The molecule has 0 fully saturated rings. The highest BCUT2D eigenvalue weighted by molar-refractivity contribution is 14.0. The Kier molecular flexibility index (Phi) is 12.0. The second-order valence-electron chi connectivity index (χ2n) is 5.65. The summed E-state index contributed by atoms with van der Waals surface area (Å²) in [6.07, 6.45) is 0. The fourth-order valence-electron chi connectivity index (χ4n) is 1.92. The Balaban J connectivity index is 0.00000576. The molecule has 0 saturated heterocycles. The van der Waals surface area contributed by atoms with E-state index in [-0.39, 0.29) is 42.5 Å². The first-order valence-corrected chi connectivity index (χ1v) is 7.84. The standard InChI is InChI=1S/C17H28N4O3.HI/c1-13(11-23-5)20-17(18-2)19-10-14-7-6-8-15(9-14)24-12-16(22)21(3)4;/h6-9,13H,10-12H2,1-5H3,(H2,18,19,20);1H. The largest absolute Gasteiger partial charge is 0.484 e. The van der Waals surface area contributed by atoms with Gasteiger partial charge in [0.1, 0.15) is 5.75 Å². The number of rotatable bonds is 8. The van der Waals surface area contributed by atoms with Crippen LogP contribution in [0, 0.1) is 0 Å². The number of halogens is 1. The van der Waals surface area contributed by atoms with Crippen LogP contribution in [-0.2, 0) is 16.1 Å². The molecular formula is C17H29IN4O3. The van der Waals surface area contributed by atoms with Gasteiger partial charge in [-0.2, -0.15) is 0 Å². The van der Waals surface area contributed by atoms with Crippen LogP contribution in [-0.4, -0.2) is 64.3 Å². The number of benzene rings is 1. The molecule has 0 aliphatic carbocycles. The van der Waals surface area contributed by atoms with Crippen molar-refractivity contribution in [2.45, 2.75) is 19.5 Å². The number of hydrogen-bond donors (Lipinski definition) is 2. The van der Waals surface area contributed by atoms with Crippen molar-refractivity contribution >= 4 is 35.8 Å². The van der Waals surface area contributed by atoms with Crippen LogP contribution >= 0.6 is 24.0 Å². The van der Waals surface area contributed by atoms with E-state index in [1.54, 1.807) is 28.3 Å². The van der Waals surface area contributed by atoms with Gasteiger partial charge in [-0.05, 0) is 24.6 Å². The number of hydrogen-bond acceptors (Lipinski definition) is 4. The normalized spacial score (nSPS) is 12.0. The van der Waals surface area contributed by atoms with Crippen LogP contribution in [0.2, 0.25) is 0 Å². The van der Waals surface area contributed by atoms with E-state index in [9.17, 15) is 4.79 Å². The van der Waals surface area contributed by atoms with Gasteiger partial charge in [0.25, 0.3) is 5.91 Å². The molecule has 0 aliphatic rings. The molecular weight excluding hydrogens is 435 g/mol. The van der Waals surface area contributed by atoms with E-state index < -0.39 is 0 Å². The fraction of sp³-hybridized carbons (Fsp3) is 0.529. The Hall–Kier alpha value is -1.55. The average molecular weight is 464 g/mol. The van der Waals surface area contributed by atoms with Gasteiger partial charge in [0, 0.05) is 40.8 Å². The van der Waals surface area contributed by atoms with Crippen molar-refractivity contribution in [3.8, 4) is 5.75 Å². The molecule has 1 aromatic rings. The molecule has 0 saturated carbocycles. The van der Waals surface area contributed by atoms with E-state index in [1.165, 1.54) is 4.90 Å². The van der Waals surface area contributed by atoms with E-state index in [0.717, 1.165) is 5.56 Å². The highest BCUT2D eigenvalue weighted by Crippen LogP contribution is 2.13. The van der Waals surface area contributed by atoms with Crippen LogP contribution in [0.15, 0.2) is 29.3 Å². The average Bonchev–Trinajstić information content (AvgIpc) is 2.56. The van der Waals surface area contributed by atoms with Crippen molar-refractivity contribution in [2.24, 2.45) is 4.99 Å². The van der Waals surface area contributed by atoms with E-state index >= 15 is 0 Å². The first kappa shape index (κ1) is 23.4. The topological polar surface area (TPSA) is 75.2 Å². The number of aliphatic imine (C=N–C) groups is 1. The minimum absolute atomic E-state index is 0. The quantitative estimate of drug-likeness (QED) is 0.347. The number of carbonyl (C=O) groups excluding carboxylic acids is 1. The molecule has 8 heteroatoms. The number of guanidine groups is 1. The second-order valence-corrected chi connectivity index (χ2v) is 5.65. The Labute approximate surface area is 167 Å². The lowest BCUT2D eigenvalue weighted by Crippen LogP contribution is -2.43. The molecule has 0 radical (unpaired) electrons. The zero-order valence-corrected chi connectivity index (χ0v) is 17.9. The third-order valence-corrected chi connectivity index (χ3v) is 3.24. The number of nitrogens with one attached hydrogen (secondary N) is 2. The number of ether oxygens (including phenoxy) is 2. The summed E-state index contributed by atoms with van der Waals surface area (Å²) in [6.45, 7) is 3.25. The van der Waals surface area contributed by atoms with Crippen molar-refractivity contribution in [1.82, 2.24) is 15.5 Å². The molecule has 0 aliphatic heterocycles. The van der Waals surface area contributed by atoms with Crippen molar-refractivity contribution in [3.05, 3.63) is 29.8 Å². The molecule has 0 aromatic heterocycles. The lowest BCUT2D eigenvalue weighted by atomic mass is 10.2. The third-order valence-electron chi connectivity index (χ3n) is 3.24. The molecule has 0 heterocycles. The Bertz CT molecular complexity index is 552. The highest BCUT2D eigenvalue weighted by atomic mass is 127. The molecule has 0 bridgehead atoms. The maximum absolute atomic E-state index is 11.6. The highest BCUT2D eigenvalue weighted by Gasteiger charge is 2.07. The Morgan fingerprint density at radius 2 is 2.08 bits per heavy atom. The van der Waals surface area contributed by atoms with Gasteiger partial charge in [0.2, 0.25) is 0 Å². The summed E-state index contributed by atoms with van der Waals surface area (Å²) in [5.41, 5.74) is 1.03. The summed E-state index contributed by atoms with van der Waals surface area (Å²) in [6, 6.07) is 7.78. The maximum Gasteiger partial charge on any atom is 0.259 e. The van der Waals surface area contributed by atoms with Crippen LogP contribution in [0.1, 0.15) is 12.5 Å². The van der Waals surface area contributed by atoms with Crippen molar-refractivity contribution in [2.75, 3.05) is 41.5 Å². The van der Waals surface area contributed by atoms with Gasteiger partial charge in [-0.25, -0.2) is 0 Å². The lowest BCUT2D eigenvalue weighted by molar-refractivity contribution is -0.130. The second kappa shape index (κ2) is 12.8. The van der Waals surface area contributed by atoms with Gasteiger partial charge in [-0.15, -0.1) is 24.0 Å². The van der Waals surface area contributed by atoms with Crippen LogP contribution in [0.25, 0.3) is 0 Å². The summed E-state index contributed by atoms with van der Waals surface area (Å²) in [4.78, 5) is 17.3. The fourth-order valence-corrected chi connectivity index (χ4v) is 1.92. The first-order chi connectivity index (χ1) is 11.5. The molecule has 1 atom stereocenters. The Morgan fingerprint density at radius 3 is 2.68 bits per heavy atom. The SMILES string of the molecule is CN=C(NCc1cccc(OCC(=O)N(C)C)c1)NC(C)COC.I. The molecule has 0 spiro atoms. The van der Waals surface area contributed by atoms with E-state index in [2.05, 4.69) is 15.6 Å². The van der Waals surface area contributed by atoms with E-state index in [0.29, 0.717) is 24.9 Å². The van der Waals surface area contributed by atoms with Crippen molar-refractivity contribution in [1.29, 1.82) is 0 Å². The van der Waals surface area contributed by atoms with Crippen LogP contribution in [0.3, 0.4) is 0 Å². The molecule has 1 aromatic carbocycles. The molecule has 2 N–H and O–H groups in total. The zero-order valence-electron chi connectivity index (χ0n) is 15.5. The molecule has 142 valence electrons. The maximum atomic E-state index is 11.6. The molecule has 25 heavy (non-hydrogen) atoms. The van der Waals surface area contributed by atoms with Gasteiger partial charge in [0.05, 0.1) is 6.61 Å². The third kappa shape index (κ3) is 9.49. The zero-order chi connectivity index (χ0) is 17.9. The smallest absolute Gasteiger partial charge is 0.259 e. The van der Waals surface area contributed by atoms with E-state index in [4.69, 9.17) is 9.47 Å². The van der Waals surface area contributed by atoms with Crippen LogP contribution < -0.4 is 15.4 Å². The predicted molar refractivity (Wildman–Crippen MR) is 111 cm³/mol. The van der Waals surface area contributed by atoms with Crippen LogP contribution in [0.4, 0.5) is 0 Å². The molecule has 1 unspecified atom stereocenters. The predicted octanol–water partition coefficient (Wildman–Crippen LogP) is 1.47. The van der Waals surface area contributed by atoms with Gasteiger partial charge >= 0.3 is 0 Å². The lowest BCUT2D eigenvalue weighted by Gasteiger charge is -2.17. The summed E-state index contributed by atoms with van der Waals surface area (Å²) in [7, 11) is 6.80. The first-order valence-electron chi connectivity index (χ1n) is 7.84. The number of carbonyl (C=O) groups is 1. The molecule has 7 nitrogen and oxygen atoms in total. The van der Waals surface area contributed by atoms with E-state index in [1.807, 2.05) is 31.2 Å². The number of amides is 1. The van der Waals surface area contributed by atoms with Gasteiger partial charge in [0.15, 0.2) is 12.6 Å². The van der Waals surface area contributed by atoms with Crippen molar-refractivity contribution < 1.29 is 14.3 Å². The van der Waals surface area contributed by atoms with Crippen LogP contribution in [0.5, 0.6) is 5.75 Å². The van der Waals surface area contributed by atoms with Crippen molar-refractivity contribution in [3.63, 3.8) is 0 Å². The monoisotopic (exact) mass is 464 g/mol. The number of likely N-dealkylation sites (N-methyl/N-ethyl adjacent to an activating group) is 1. The van der Waals surface area contributed by atoms with Gasteiger partial charge in [-0.3, -0.25) is 9.79 Å². The van der Waals surface area contributed by atoms with Gasteiger partial charge < -0.3 is 25.0 Å². The minimum atomic E-state index is -0.0738. The number of nitrogens with zero attached hydrogens (tertiary/aromatic N) is 2.